The fraction of sp³-hybridized carbons (Fsp3) is 0.250. The van der Waals surface area contributed by atoms with E-state index in [9.17, 15) is 17.6 Å². The summed E-state index contributed by atoms with van der Waals surface area (Å²) in [6.45, 7) is 5.20. The Kier molecular flexibility index (Phi) is 12.4. The second-order valence-electron chi connectivity index (χ2n) is 15.9. The zero-order valence-electron chi connectivity index (χ0n) is 36.5. The number of aromatic nitrogens is 12. The van der Waals surface area contributed by atoms with Crippen LogP contribution in [0, 0.1) is 37.1 Å². The van der Waals surface area contributed by atoms with Gasteiger partial charge in [-0.25, -0.2) is 56.8 Å². The number of hydrogen-bond acceptors (Lipinski definition) is 10. The lowest BCUT2D eigenvalue weighted by Crippen LogP contribution is -2.19. The second kappa shape index (κ2) is 18.8. The molecule has 0 aliphatic carbocycles. The van der Waals surface area contributed by atoms with Crippen molar-refractivity contribution >= 4 is 24.3 Å². The molecule has 18 heteroatoms. The molecule has 2 atom stereocenters. The van der Waals surface area contributed by atoms with Gasteiger partial charge in [0.2, 0.25) is 0 Å². The maximum absolute atomic E-state index is 14.4. The van der Waals surface area contributed by atoms with Crippen LogP contribution in [-0.4, -0.2) is 72.8 Å². The van der Waals surface area contributed by atoms with E-state index >= 15 is 0 Å². The Hall–Kier alpha value is -7.76. The fourth-order valence-electron chi connectivity index (χ4n) is 8.24. The van der Waals surface area contributed by atoms with E-state index in [1.54, 1.807) is 82.1 Å². The molecule has 10 rings (SSSR count). The second-order valence-corrected chi connectivity index (χ2v) is 15.9. The molecule has 8 aromatic rings. The van der Waals surface area contributed by atoms with Gasteiger partial charge in [-0.3, -0.25) is 9.13 Å². The molecule has 0 saturated carbocycles. The van der Waals surface area contributed by atoms with Gasteiger partial charge in [-0.05, 0) is 99.2 Å². The largest absolute Gasteiger partial charge is 0.493 e. The summed E-state index contributed by atoms with van der Waals surface area (Å²) in [5, 5.41) is 9.09. The zero-order valence-corrected chi connectivity index (χ0v) is 36.5. The van der Waals surface area contributed by atoms with Crippen LogP contribution < -0.4 is 9.47 Å². The topological polar surface area (TPSA) is 141 Å². The number of ether oxygens (including phenoxy) is 2. The highest BCUT2D eigenvalue weighted by atomic mass is 19.2. The molecule has 0 amide bonds. The summed E-state index contributed by atoms with van der Waals surface area (Å²) in [6.07, 6.45) is 20.8. The molecular formula is C48H44F4N12O2. The maximum atomic E-state index is 14.4. The van der Waals surface area contributed by atoms with E-state index in [4.69, 9.17) is 9.47 Å². The van der Waals surface area contributed by atoms with Gasteiger partial charge < -0.3 is 9.47 Å². The molecule has 0 bridgehead atoms. The number of rotatable bonds is 10. The Balaban J connectivity index is 0.000000166. The number of hydrogen-bond donors (Lipinski definition) is 0. The van der Waals surface area contributed by atoms with Gasteiger partial charge in [0, 0.05) is 60.8 Å². The van der Waals surface area contributed by atoms with Crippen LogP contribution in [0.15, 0.2) is 86.0 Å². The van der Waals surface area contributed by atoms with E-state index in [2.05, 4.69) is 40.1 Å². The van der Waals surface area contributed by atoms with E-state index in [1.807, 2.05) is 50.5 Å². The number of halogens is 4. The summed E-state index contributed by atoms with van der Waals surface area (Å²) >= 11 is 0. The number of pyridine rings is 2. The summed E-state index contributed by atoms with van der Waals surface area (Å²) < 4.78 is 74.6. The highest BCUT2D eigenvalue weighted by Gasteiger charge is 2.30. The third-order valence-electron chi connectivity index (χ3n) is 11.4. The van der Waals surface area contributed by atoms with E-state index in [0.717, 1.165) is 47.5 Å². The number of benzene rings is 2. The fourth-order valence-corrected chi connectivity index (χ4v) is 8.24. The van der Waals surface area contributed by atoms with Crippen LogP contribution in [-0.2, 0) is 13.1 Å². The lowest BCUT2D eigenvalue weighted by Gasteiger charge is -2.22. The van der Waals surface area contributed by atoms with Crippen molar-refractivity contribution in [1.82, 2.24) is 58.6 Å². The molecule has 66 heavy (non-hydrogen) atoms. The molecule has 0 radical (unpaired) electrons. The predicted octanol–water partition coefficient (Wildman–Crippen LogP) is 9.10. The smallest absolute Gasteiger partial charge is 0.180 e. The first-order valence-electron chi connectivity index (χ1n) is 21.3. The van der Waals surface area contributed by atoms with Crippen molar-refractivity contribution in [1.29, 1.82) is 0 Å². The van der Waals surface area contributed by atoms with Crippen LogP contribution in [0.5, 0.6) is 11.5 Å². The third kappa shape index (κ3) is 8.98. The zero-order chi connectivity index (χ0) is 45.9. The average Bonchev–Trinajstić information content (AvgIpc) is 4.16. The van der Waals surface area contributed by atoms with Crippen molar-refractivity contribution in [2.24, 2.45) is 0 Å². The summed E-state index contributed by atoms with van der Waals surface area (Å²) in [5.74, 6) is 0.804. The number of aryl methyl sites for hydroxylation is 4. The van der Waals surface area contributed by atoms with Gasteiger partial charge in [0.25, 0.3) is 0 Å². The molecule has 0 unspecified atom stereocenters. The first-order valence-corrected chi connectivity index (χ1v) is 21.3. The third-order valence-corrected chi connectivity index (χ3v) is 11.4. The number of methoxy groups -OCH3 is 2. The SMILES string of the molecule is COc1cc(/C=C/c2nc3n(n2)CCC[C@@H]3c2cccc(F)c2F)cnc1-n1cnc(C)c1.COc1cc(/C=C/c2nc3n(n2)CCC[C@H]3c2cccc(F)c2F)cnc1-n1cnc(C)c1. The number of imidazole rings is 2. The lowest BCUT2D eigenvalue weighted by molar-refractivity contribution is 0.410. The van der Waals surface area contributed by atoms with E-state index < -0.39 is 23.3 Å². The van der Waals surface area contributed by atoms with Gasteiger partial charge in [-0.1, -0.05) is 24.3 Å². The van der Waals surface area contributed by atoms with E-state index in [0.29, 0.717) is 83.5 Å². The lowest BCUT2D eigenvalue weighted by atomic mass is 9.91. The molecule has 6 aromatic heterocycles. The minimum atomic E-state index is -0.847. The van der Waals surface area contributed by atoms with E-state index in [-0.39, 0.29) is 11.8 Å². The van der Waals surface area contributed by atoms with Crippen molar-refractivity contribution < 1.29 is 27.0 Å². The van der Waals surface area contributed by atoms with Crippen LogP contribution in [0.2, 0.25) is 0 Å². The first kappa shape index (κ1) is 43.5. The van der Waals surface area contributed by atoms with Crippen molar-refractivity contribution in [3.05, 3.63) is 166 Å². The molecule has 0 fully saturated rings. The van der Waals surface area contributed by atoms with Gasteiger partial charge in [-0.15, -0.1) is 0 Å². The Morgan fingerprint density at radius 1 is 0.591 bits per heavy atom. The first-order chi connectivity index (χ1) is 32.1. The van der Waals surface area contributed by atoms with Gasteiger partial charge in [0.15, 0.2) is 58.1 Å². The van der Waals surface area contributed by atoms with Crippen LogP contribution in [0.3, 0.4) is 0 Å². The summed E-state index contributed by atoms with van der Waals surface area (Å²) in [7, 11) is 3.18. The van der Waals surface area contributed by atoms with Crippen molar-refractivity contribution in [2.75, 3.05) is 14.2 Å². The van der Waals surface area contributed by atoms with Gasteiger partial charge in [0.1, 0.15) is 24.3 Å². The molecule has 0 N–H and O–H groups in total. The molecule has 2 aliphatic heterocycles. The molecule has 0 spiro atoms. The minimum Gasteiger partial charge on any atom is -0.493 e. The van der Waals surface area contributed by atoms with Crippen molar-refractivity contribution in [2.45, 2.75) is 64.5 Å². The molecular weight excluding hydrogens is 853 g/mol. The van der Waals surface area contributed by atoms with Gasteiger partial charge >= 0.3 is 0 Å². The standard InChI is InChI=1S/2C24H22F2N6O/c2*1-15-13-31(14-28-15)24-20(33-2)11-16(12-27-24)8-9-21-29-23-18(6-4-10-32(23)30-21)17-5-3-7-19(25)22(17)26/h2*3,5,7-9,11-14,18H,4,6,10H2,1-2H3/b2*9-8+/t2*18-/m10/s1. The summed E-state index contributed by atoms with van der Waals surface area (Å²) in [5.41, 5.74) is 4.03. The van der Waals surface area contributed by atoms with Crippen LogP contribution >= 0.6 is 0 Å². The molecule has 336 valence electrons. The van der Waals surface area contributed by atoms with Crippen LogP contribution in [0.4, 0.5) is 17.6 Å². The minimum absolute atomic E-state index is 0.318. The van der Waals surface area contributed by atoms with E-state index in [1.165, 1.54) is 12.1 Å². The average molecular weight is 897 g/mol. The van der Waals surface area contributed by atoms with Crippen molar-refractivity contribution in [3.63, 3.8) is 0 Å². The molecule has 2 aliphatic rings. The molecule has 14 nitrogen and oxygen atoms in total. The molecule has 8 heterocycles. The summed E-state index contributed by atoms with van der Waals surface area (Å²) in [6, 6.07) is 12.3. The summed E-state index contributed by atoms with van der Waals surface area (Å²) in [4.78, 5) is 26.7. The predicted molar refractivity (Wildman–Crippen MR) is 238 cm³/mol. The highest BCUT2D eigenvalue weighted by molar-refractivity contribution is 5.69. The normalized spacial score (nSPS) is 15.7. The van der Waals surface area contributed by atoms with Crippen LogP contribution in [0.25, 0.3) is 35.9 Å². The maximum Gasteiger partial charge on any atom is 0.180 e. The number of fused-ring (bicyclic) bond motifs is 2. The molecule has 0 saturated heterocycles. The van der Waals surface area contributed by atoms with Crippen molar-refractivity contribution in [3.8, 4) is 23.1 Å². The Morgan fingerprint density at radius 2 is 1.03 bits per heavy atom. The van der Waals surface area contributed by atoms with Gasteiger partial charge in [0.05, 0.1) is 25.6 Å². The Bertz CT molecular complexity index is 2890. The van der Waals surface area contributed by atoms with Gasteiger partial charge in [-0.2, -0.15) is 10.2 Å². The van der Waals surface area contributed by atoms with Crippen LogP contribution in [0.1, 0.15) is 94.5 Å². The Labute approximate surface area is 377 Å². The Morgan fingerprint density at radius 3 is 1.42 bits per heavy atom. The highest BCUT2D eigenvalue weighted by Crippen LogP contribution is 2.36. The quantitative estimate of drug-likeness (QED) is 0.122. The molecule has 2 aromatic carbocycles. The number of nitrogens with zero attached hydrogens (tertiary/aromatic N) is 12. The monoisotopic (exact) mass is 896 g/mol.